The number of halogens is 1. The molecule has 8 heteroatoms. The third-order valence-corrected chi connectivity index (χ3v) is 5.99. The number of carbonyl (C=O) groups excluding carboxylic acids is 2. The summed E-state index contributed by atoms with van der Waals surface area (Å²) >= 11 is 6.32. The Morgan fingerprint density at radius 1 is 1.09 bits per heavy atom. The van der Waals surface area contributed by atoms with Crippen molar-refractivity contribution in [1.82, 2.24) is 4.90 Å². The molecule has 3 aromatic carbocycles. The van der Waals surface area contributed by atoms with Gasteiger partial charge in [-0.2, -0.15) is 0 Å². The summed E-state index contributed by atoms with van der Waals surface area (Å²) in [5.41, 5.74) is 2.47. The van der Waals surface area contributed by atoms with E-state index in [0.717, 1.165) is 11.1 Å². The summed E-state index contributed by atoms with van der Waals surface area (Å²) in [5, 5.41) is 3.49. The Morgan fingerprint density at radius 3 is 2.47 bits per heavy atom. The van der Waals surface area contributed by atoms with Gasteiger partial charge in [0.1, 0.15) is 22.8 Å². The van der Waals surface area contributed by atoms with Gasteiger partial charge in [-0.05, 0) is 48.9 Å². The number of hydrogen-bond acceptors (Lipinski definition) is 5. The average Bonchev–Trinajstić information content (AvgIpc) is 2.95. The van der Waals surface area contributed by atoms with Crippen LogP contribution in [0.2, 0.25) is 5.02 Å². The quantitative estimate of drug-likeness (QED) is 0.542. The molecule has 1 aliphatic heterocycles. The third-order valence-electron chi connectivity index (χ3n) is 5.62. The number of ether oxygens (including phenoxy) is 3. The van der Waals surface area contributed by atoms with E-state index in [9.17, 15) is 9.59 Å². The van der Waals surface area contributed by atoms with Crippen LogP contribution in [0.4, 0.5) is 5.69 Å². The Bertz CT molecular complexity index is 1210. The summed E-state index contributed by atoms with van der Waals surface area (Å²) in [6.45, 7) is 2.38. The van der Waals surface area contributed by atoms with Gasteiger partial charge in [-0.15, -0.1) is 0 Å². The molecule has 4 rings (SSSR count). The number of fused-ring (bicyclic) bond motifs is 1. The monoisotopic (exact) mass is 480 g/mol. The summed E-state index contributed by atoms with van der Waals surface area (Å²) in [7, 11) is 2.99. The number of carbonyl (C=O) groups is 2. The molecular formula is C26H25ClN2O5. The van der Waals surface area contributed by atoms with Crippen LogP contribution in [0.15, 0.2) is 60.7 Å². The topological polar surface area (TPSA) is 77.1 Å². The SMILES string of the molecule is COc1cccc(OC)c1C(=O)Nc1ccc2c(c1)CN(Cc1ccccc1Cl)C(=O)C(C)O2. The van der Waals surface area contributed by atoms with Crippen LogP contribution in [0, 0.1) is 0 Å². The van der Waals surface area contributed by atoms with Crippen LogP contribution in [0.25, 0.3) is 0 Å². The number of hydrogen-bond donors (Lipinski definition) is 1. The van der Waals surface area contributed by atoms with Crippen LogP contribution in [-0.2, 0) is 17.9 Å². The zero-order chi connectivity index (χ0) is 24.2. The van der Waals surface area contributed by atoms with E-state index < -0.39 is 6.10 Å². The second-order valence-corrected chi connectivity index (χ2v) is 8.27. The van der Waals surface area contributed by atoms with Gasteiger partial charge < -0.3 is 24.4 Å². The van der Waals surface area contributed by atoms with Gasteiger partial charge in [-0.25, -0.2) is 0 Å². The number of nitrogens with zero attached hydrogens (tertiary/aromatic N) is 1. The number of rotatable bonds is 6. The molecule has 0 aliphatic carbocycles. The average molecular weight is 481 g/mol. The van der Waals surface area contributed by atoms with E-state index in [1.807, 2.05) is 18.2 Å². The largest absolute Gasteiger partial charge is 0.496 e. The smallest absolute Gasteiger partial charge is 0.263 e. The van der Waals surface area contributed by atoms with Crippen molar-refractivity contribution in [1.29, 1.82) is 0 Å². The Kier molecular flexibility index (Phi) is 6.93. The summed E-state index contributed by atoms with van der Waals surface area (Å²) < 4.78 is 16.6. The summed E-state index contributed by atoms with van der Waals surface area (Å²) in [6.07, 6.45) is -0.651. The van der Waals surface area contributed by atoms with Crippen LogP contribution < -0.4 is 19.5 Å². The van der Waals surface area contributed by atoms with Crippen molar-refractivity contribution in [3.8, 4) is 17.2 Å². The van der Waals surface area contributed by atoms with Gasteiger partial charge >= 0.3 is 0 Å². The zero-order valence-electron chi connectivity index (χ0n) is 19.1. The lowest BCUT2D eigenvalue weighted by molar-refractivity contribution is -0.138. The van der Waals surface area contributed by atoms with Crippen molar-refractivity contribution in [3.05, 3.63) is 82.4 Å². The van der Waals surface area contributed by atoms with Crippen molar-refractivity contribution < 1.29 is 23.8 Å². The fourth-order valence-corrected chi connectivity index (χ4v) is 4.11. The van der Waals surface area contributed by atoms with Crippen molar-refractivity contribution in [2.24, 2.45) is 0 Å². The molecule has 0 bridgehead atoms. The van der Waals surface area contributed by atoms with Crippen molar-refractivity contribution in [2.75, 3.05) is 19.5 Å². The Labute approximate surface area is 203 Å². The van der Waals surface area contributed by atoms with Crippen molar-refractivity contribution >= 4 is 29.1 Å². The fourth-order valence-electron chi connectivity index (χ4n) is 3.91. The molecule has 3 aromatic rings. The highest BCUT2D eigenvalue weighted by molar-refractivity contribution is 6.31. The number of amides is 2. The first kappa shape index (κ1) is 23.4. The molecule has 0 spiro atoms. The molecule has 1 aliphatic rings. The van der Waals surface area contributed by atoms with E-state index in [-0.39, 0.29) is 11.8 Å². The molecule has 0 radical (unpaired) electrons. The molecule has 0 fully saturated rings. The van der Waals surface area contributed by atoms with E-state index in [1.165, 1.54) is 14.2 Å². The van der Waals surface area contributed by atoms with E-state index in [4.69, 9.17) is 25.8 Å². The molecule has 176 valence electrons. The first-order valence-corrected chi connectivity index (χ1v) is 11.1. The predicted octanol–water partition coefficient (Wildman–Crippen LogP) is 4.92. The first-order valence-electron chi connectivity index (χ1n) is 10.8. The van der Waals surface area contributed by atoms with Gasteiger partial charge in [0.15, 0.2) is 6.10 Å². The van der Waals surface area contributed by atoms with Gasteiger partial charge in [0.2, 0.25) is 0 Å². The van der Waals surface area contributed by atoms with Crippen LogP contribution in [0.1, 0.15) is 28.4 Å². The lowest BCUT2D eigenvalue weighted by atomic mass is 10.1. The van der Waals surface area contributed by atoms with Gasteiger partial charge in [0.25, 0.3) is 11.8 Å². The molecule has 1 atom stereocenters. The van der Waals surface area contributed by atoms with E-state index >= 15 is 0 Å². The molecule has 0 saturated heterocycles. The van der Waals surface area contributed by atoms with E-state index in [0.29, 0.717) is 46.6 Å². The standard InChI is InChI=1S/C26H25ClN2O5/c1-16-26(31)29(14-17-7-4-5-8-20(17)27)15-18-13-19(11-12-21(18)34-16)28-25(30)24-22(32-2)9-6-10-23(24)33-3/h4-13,16H,14-15H2,1-3H3,(H,28,30). The van der Waals surface area contributed by atoms with Crippen LogP contribution in [-0.4, -0.2) is 37.0 Å². The molecule has 1 unspecified atom stereocenters. The molecule has 0 saturated carbocycles. The van der Waals surface area contributed by atoms with Crippen molar-refractivity contribution in [2.45, 2.75) is 26.1 Å². The zero-order valence-corrected chi connectivity index (χ0v) is 19.9. The highest BCUT2D eigenvalue weighted by atomic mass is 35.5. The van der Waals surface area contributed by atoms with Gasteiger partial charge in [0.05, 0.1) is 14.2 Å². The molecular weight excluding hydrogens is 456 g/mol. The minimum absolute atomic E-state index is 0.138. The first-order chi connectivity index (χ1) is 16.4. The Morgan fingerprint density at radius 2 is 1.79 bits per heavy atom. The van der Waals surface area contributed by atoms with Crippen LogP contribution in [0.5, 0.6) is 17.2 Å². The summed E-state index contributed by atoms with van der Waals surface area (Å²) in [5.74, 6) is 0.887. The number of anilines is 1. The van der Waals surface area contributed by atoms with Crippen LogP contribution in [0.3, 0.4) is 0 Å². The predicted molar refractivity (Wildman–Crippen MR) is 130 cm³/mol. The second-order valence-electron chi connectivity index (χ2n) is 7.86. The summed E-state index contributed by atoms with van der Waals surface area (Å²) in [4.78, 5) is 27.8. The lowest BCUT2D eigenvalue weighted by Gasteiger charge is -2.22. The molecule has 0 aromatic heterocycles. The lowest BCUT2D eigenvalue weighted by Crippen LogP contribution is -2.37. The van der Waals surface area contributed by atoms with Crippen LogP contribution >= 0.6 is 11.6 Å². The normalized spacial score (nSPS) is 15.1. The highest BCUT2D eigenvalue weighted by Crippen LogP contribution is 2.32. The van der Waals surface area contributed by atoms with Crippen molar-refractivity contribution in [3.63, 3.8) is 0 Å². The fraction of sp³-hybridized carbons (Fsp3) is 0.231. The van der Waals surface area contributed by atoms with Gasteiger partial charge in [0, 0.05) is 29.4 Å². The number of methoxy groups -OCH3 is 2. The minimum Gasteiger partial charge on any atom is -0.496 e. The third kappa shape index (κ3) is 4.79. The maximum atomic E-state index is 13.1. The Balaban J connectivity index is 1.61. The minimum atomic E-state index is -0.651. The highest BCUT2D eigenvalue weighted by Gasteiger charge is 2.29. The maximum Gasteiger partial charge on any atom is 0.263 e. The molecule has 2 amide bonds. The second kappa shape index (κ2) is 10.1. The Hall–Kier alpha value is -3.71. The van der Waals surface area contributed by atoms with E-state index in [2.05, 4.69) is 5.32 Å². The molecule has 7 nitrogen and oxygen atoms in total. The van der Waals surface area contributed by atoms with Gasteiger partial charge in [-0.1, -0.05) is 35.9 Å². The molecule has 34 heavy (non-hydrogen) atoms. The molecule has 1 N–H and O–H groups in total. The summed E-state index contributed by atoms with van der Waals surface area (Å²) in [6, 6.07) is 17.9. The molecule has 1 heterocycles. The number of nitrogens with one attached hydrogen (secondary N) is 1. The van der Waals surface area contributed by atoms with E-state index in [1.54, 1.807) is 54.3 Å². The van der Waals surface area contributed by atoms with Gasteiger partial charge in [-0.3, -0.25) is 9.59 Å². The number of benzene rings is 3. The maximum absolute atomic E-state index is 13.1.